The zero-order valence-corrected chi connectivity index (χ0v) is 15.7. The summed E-state index contributed by atoms with van der Waals surface area (Å²) in [6, 6.07) is 5.56. The number of benzene rings is 1. The fraction of sp³-hybridized carbons (Fsp3) is 0.450. The molecule has 0 aliphatic carbocycles. The second-order valence-corrected chi connectivity index (χ2v) is 6.23. The predicted molar refractivity (Wildman–Crippen MR) is 101 cm³/mol. The lowest BCUT2D eigenvalue weighted by Gasteiger charge is -2.15. The highest BCUT2D eigenvalue weighted by atomic mass is 16.5. The van der Waals surface area contributed by atoms with Crippen LogP contribution < -0.4 is 9.47 Å². The smallest absolute Gasteiger partial charge is 0.341 e. The van der Waals surface area contributed by atoms with Crippen LogP contribution in [0.2, 0.25) is 0 Å². The maximum Gasteiger partial charge on any atom is 0.341 e. The average molecular weight is 375 g/mol. The summed E-state index contributed by atoms with van der Waals surface area (Å²) in [5.41, 5.74) is 0.716. The summed E-state index contributed by atoms with van der Waals surface area (Å²) in [7, 11) is 0. The molecular weight excluding hydrogens is 350 g/mol. The van der Waals surface area contributed by atoms with Crippen molar-refractivity contribution in [2.45, 2.75) is 46.0 Å². The first-order valence-corrected chi connectivity index (χ1v) is 9.10. The number of aliphatic hydroxyl groups is 1. The van der Waals surface area contributed by atoms with Crippen LogP contribution in [0, 0.1) is 0 Å². The van der Waals surface area contributed by atoms with Crippen molar-refractivity contribution >= 4 is 17.6 Å². The van der Waals surface area contributed by atoms with E-state index in [0.717, 1.165) is 18.4 Å². The minimum atomic E-state index is -1.28. The second kappa shape index (κ2) is 9.75. The topological polar surface area (TPSA) is 105 Å². The van der Waals surface area contributed by atoms with E-state index in [1.54, 1.807) is 0 Å². The molecule has 2 rings (SSSR count). The third kappa shape index (κ3) is 5.57. The van der Waals surface area contributed by atoms with Crippen LogP contribution in [-0.4, -0.2) is 41.0 Å². The van der Waals surface area contributed by atoms with Gasteiger partial charge in [0.1, 0.15) is 11.3 Å². The minimum absolute atomic E-state index is 0.0959. The molecule has 1 amide bonds. The Hall–Kier alpha value is -2.83. The summed E-state index contributed by atoms with van der Waals surface area (Å²) < 4.78 is 11.5. The maximum atomic E-state index is 11.6. The van der Waals surface area contributed by atoms with Crippen LogP contribution in [0.5, 0.6) is 11.5 Å². The molecule has 0 radical (unpaired) electrons. The number of amides is 1. The molecule has 7 heteroatoms. The summed E-state index contributed by atoms with van der Waals surface area (Å²) >= 11 is 0. The Morgan fingerprint density at radius 1 is 1.11 bits per heavy atom. The number of nitrogens with zero attached hydrogens (tertiary/aromatic N) is 1. The fourth-order valence-corrected chi connectivity index (χ4v) is 2.70. The van der Waals surface area contributed by atoms with Crippen LogP contribution in [0.3, 0.4) is 0 Å². The standard InChI is InChI=1S/C20H25NO6/c1-3-9-26-16-8-6-13(11-17(16)27-10-4-2)5-7-14-19(20(24)25)15(22)12-18(23)21-14/h6,8,11,22H,3-5,7,9-10,12H2,1-2H3,(H,24,25). The first-order valence-electron chi connectivity index (χ1n) is 9.10. The minimum Gasteiger partial charge on any atom is -0.511 e. The number of carboxylic acid groups (broad SMARTS) is 1. The van der Waals surface area contributed by atoms with Crippen molar-refractivity contribution < 1.29 is 29.3 Å². The Kier molecular flexibility index (Phi) is 7.40. The maximum absolute atomic E-state index is 11.6. The van der Waals surface area contributed by atoms with E-state index >= 15 is 0 Å². The fourth-order valence-electron chi connectivity index (χ4n) is 2.70. The van der Waals surface area contributed by atoms with Gasteiger partial charge in [-0.3, -0.25) is 4.79 Å². The van der Waals surface area contributed by atoms with Gasteiger partial charge in [-0.25, -0.2) is 9.79 Å². The average Bonchev–Trinajstić information content (AvgIpc) is 2.62. The van der Waals surface area contributed by atoms with Crippen LogP contribution in [0.15, 0.2) is 34.5 Å². The van der Waals surface area contributed by atoms with Gasteiger partial charge in [0.25, 0.3) is 5.91 Å². The van der Waals surface area contributed by atoms with E-state index in [4.69, 9.17) is 9.47 Å². The molecule has 0 spiro atoms. The molecule has 146 valence electrons. The van der Waals surface area contributed by atoms with Gasteiger partial charge in [0.05, 0.1) is 25.3 Å². The van der Waals surface area contributed by atoms with E-state index in [9.17, 15) is 19.8 Å². The number of hydrogen-bond acceptors (Lipinski definition) is 5. The van der Waals surface area contributed by atoms with Gasteiger partial charge in [0.15, 0.2) is 11.5 Å². The molecule has 1 aliphatic rings. The number of aliphatic carboxylic acids is 1. The third-order valence-corrected chi connectivity index (χ3v) is 3.95. The van der Waals surface area contributed by atoms with Gasteiger partial charge in [0.2, 0.25) is 0 Å². The normalized spacial score (nSPS) is 14.1. The van der Waals surface area contributed by atoms with E-state index in [0.29, 0.717) is 31.1 Å². The molecule has 27 heavy (non-hydrogen) atoms. The number of carbonyl (C=O) groups excluding carboxylic acids is 1. The highest BCUT2D eigenvalue weighted by Crippen LogP contribution is 2.30. The van der Waals surface area contributed by atoms with Crippen molar-refractivity contribution in [3.05, 3.63) is 35.1 Å². The van der Waals surface area contributed by atoms with Crippen LogP contribution in [-0.2, 0) is 16.0 Å². The van der Waals surface area contributed by atoms with E-state index in [1.807, 2.05) is 32.0 Å². The lowest BCUT2D eigenvalue weighted by atomic mass is 9.98. The SMILES string of the molecule is CCCOc1ccc(CCC2=NC(=O)CC(O)=C2C(=O)O)cc1OCCC. The lowest BCUT2D eigenvalue weighted by molar-refractivity contribution is -0.132. The van der Waals surface area contributed by atoms with Gasteiger partial charge in [-0.05, 0) is 43.4 Å². The molecule has 0 saturated heterocycles. The van der Waals surface area contributed by atoms with Gasteiger partial charge >= 0.3 is 5.97 Å². The Bertz CT molecular complexity index is 766. The predicted octanol–water partition coefficient (Wildman–Crippen LogP) is 3.46. The molecule has 0 fully saturated rings. The van der Waals surface area contributed by atoms with Crippen LogP contribution >= 0.6 is 0 Å². The van der Waals surface area contributed by atoms with Gasteiger partial charge in [-0.15, -0.1) is 0 Å². The third-order valence-electron chi connectivity index (χ3n) is 3.95. The van der Waals surface area contributed by atoms with Crippen LogP contribution in [0.25, 0.3) is 0 Å². The van der Waals surface area contributed by atoms with Crippen molar-refractivity contribution in [2.75, 3.05) is 13.2 Å². The molecule has 1 heterocycles. The summed E-state index contributed by atoms with van der Waals surface area (Å²) in [5.74, 6) is -0.950. The number of rotatable bonds is 10. The largest absolute Gasteiger partial charge is 0.511 e. The highest BCUT2D eigenvalue weighted by Gasteiger charge is 2.27. The Morgan fingerprint density at radius 2 is 1.78 bits per heavy atom. The van der Waals surface area contributed by atoms with Crippen molar-refractivity contribution in [3.63, 3.8) is 0 Å². The van der Waals surface area contributed by atoms with E-state index < -0.39 is 17.6 Å². The van der Waals surface area contributed by atoms with E-state index in [-0.39, 0.29) is 24.1 Å². The summed E-state index contributed by atoms with van der Waals surface area (Å²) in [4.78, 5) is 26.7. The van der Waals surface area contributed by atoms with Crippen LogP contribution in [0.1, 0.15) is 45.1 Å². The van der Waals surface area contributed by atoms with Gasteiger partial charge in [-0.1, -0.05) is 19.9 Å². The van der Waals surface area contributed by atoms with E-state index in [1.165, 1.54) is 0 Å². The molecular formula is C20H25NO6. The van der Waals surface area contributed by atoms with Crippen molar-refractivity contribution in [1.82, 2.24) is 0 Å². The Labute approximate surface area is 158 Å². The molecule has 1 aromatic rings. The molecule has 0 saturated carbocycles. The molecule has 1 aromatic carbocycles. The molecule has 0 unspecified atom stereocenters. The molecule has 2 N–H and O–H groups in total. The lowest BCUT2D eigenvalue weighted by Crippen LogP contribution is -2.22. The van der Waals surface area contributed by atoms with E-state index in [2.05, 4.69) is 4.99 Å². The molecule has 0 atom stereocenters. The number of dihydropyridines is 1. The summed E-state index contributed by atoms with van der Waals surface area (Å²) in [6.07, 6.45) is 2.05. The first-order chi connectivity index (χ1) is 13.0. The first kappa shape index (κ1) is 20.5. The summed E-state index contributed by atoms with van der Waals surface area (Å²) in [5, 5.41) is 19.1. The summed E-state index contributed by atoms with van der Waals surface area (Å²) in [6.45, 7) is 5.19. The highest BCUT2D eigenvalue weighted by molar-refractivity contribution is 6.23. The van der Waals surface area contributed by atoms with Gasteiger partial charge in [0, 0.05) is 0 Å². The number of aliphatic imine (C=N–C) groups is 1. The Balaban J connectivity index is 2.16. The Morgan fingerprint density at radius 3 is 2.41 bits per heavy atom. The number of carboxylic acids is 1. The molecule has 0 aromatic heterocycles. The van der Waals surface area contributed by atoms with Crippen molar-refractivity contribution in [3.8, 4) is 11.5 Å². The quantitative estimate of drug-likeness (QED) is 0.649. The van der Waals surface area contributed by atoms with Crippen LogP contribution in [0.4, 0.5) is 0 Å². The van der Waals surface area contributed by atoms with Crippen molar-refractivity contribution in [1.29, 1.82) is 0 Å². The monoisotopic (exact) mass is 375 g/mol. The zero-order chi connectivity index (χ0) is 19.8. The number of aliphatic hydroxyl groups excluding tert-OH is 1. The van der Waals surface area contributed by atoms with Gasteiger partial charge < -0.3 is 19.7 Å². The molecule has 1 aliphatic heterocycles. The molecule has 0 bridgehead atoms. The number of aryl methyl sites for hydroxylation is 1. The number of ether oxygens (including phenoxy) is 2. The molecule has 7 nitrogen and oxygen atoms in total. The van der Waals surface area contributed by atoms with Crippen molar-refractivity contribution in [2.24, 2.45) is 4.99 Å². The number of carbonyl (C=O) groups is 2. The zero-order valence-electron chi connectivity index (χ0n) is 15.7. The number of hydrogen-bond donors (Lipinski definition) is 2. The van der Waals surface area contributed by atoms with Gasteiger partial charge in [-0.2, -0.15) is 0 Å². The second-order valence-electron chi connectivity index (χ2n) is 6.23.